The van der Waals surface area contributed by atoms with Gasteiger partial charge < -0.3 is 13.9 Å². The number of furan rings is 1. The van der Waals surface area contributed by atoms with Crippen molar-refractivity contribution in [3.05, 3.63) is 59.4 Å². The van der Waals surface area contributed by atoms with Crippen LogP contribution in [-0.4, -0.2) is 25.3 Å². The molecule has 3 rings (SSSR count). The number of carbonyl (C=O) groups is 1. The van der Waals surface area contributed by atoms with E-state index in [4.69, 9.17) is 13.9 Å². The minimum absolute atomic E-state index is 0.0266. The Labute approximate surface area is 157 Å². The molecule has 1 aromatic heterocycles. The predicted molar refractivity (Wildman–Crippen MR) is 105 cm³/mol. The highest BCUT2D eigenvalue weighted by molar-refractivity contribution is 5.99. The molecule has 0 aliphatic rings. The van der Waals surface area contributed by atoms with E-state index in [1.54, 1.807) is 7.11 Å². The molecule has 0 spiro atoms. The molecule has 3 aromatic rings. The molecule has 6 heteroatoms. The molecule has 0 radical (unpaired) electrons. The van der Waals surface area contributed by atoms with E-state index in [-0.39, 0.29) is 11.9 Å². The maximum atomic E-state index is 12.4. The van der Waals surface area contributed by atoms with Crippen LogP contribution in [0.5, 0.6) is 11.5 Å². The smallest absolute Gasteiger partial charge is 0.307 e. The zero-order valence-corrected chi connectivity index (χ0v) is 15.8. The van der Waals surface area contributed by atoms with Gasteiger partial charge in [0.05, 0.1) is 19.4 Å². The molecule has 1 N–H and O–H groups in total. The van der Waals surface area contributed by atoms with E-state index in [0.717, 1.165) is 10.9 Å². The topological polar surface area (TPSA) is 73.1 Å². The van der Waals surface area contributed by atoms with Gasteiger partial charge in [0.25, 0.3) is 0 Å². The van der Waals surface area contributed by atoms with Crippen LogP contribution in [0.3, 0.4) is 0 Å². The van der Waals surface area contributed by atoms with Gasteiger partial charge in [-0.25, -0.2) is 5.43 Å². The Bertz CT molecular complexity index is 989. The molecule has 0 saturated carbocycles. The first kappa shape index (κ1) is 18.5. The van der Waals surface area contributed by atoms with Crippen molar-refractivity contribution in [2.75, 3.05) is 7.11 Å². The van der Waals surface area contributed by atoms with Gasteiger partial charge in [-0.15, -0.1) is 0 Å². The molecule has 0 fully saturated rings. The molecule has 1 heterocycles. The number of amides is 1. The number of aryl methyl sites for hydroxylation is 1. The van der Waals surface area contributed by atoms with E-state index in [2.05, 4.69) is 10.5 Å². The molecule has 2 aromatic carbocycles. The van der Waals surface area contributed by atoms with Crippen molar-refractivity contribution >= 4 is 23.1 Å². The fraction of sp³-hybridized carbons (Fsp3) is 0.238. The van der Waals surface area contributed by atoms with Crippen LogP contribution in [0.15, 0.2) is 52.0 Å². The number of nitrogens with zero attached hydrogens (tertiary/aromatic N) is 1. The molecule has 0 atom stereocenters. The van der Waals surface area contributed by atoms with Gasteiger partial charge in [0.15, 0.2) is 17.3 Å². The van der Waals surface area contributed by atoms with Gasteiger partial charge in [0, 0.05) is 16.5 Å². The highest BCUT2D eigenvalue weighted by atomic mass is 16.5. The number of rotatable bonds is 6. The van der Waals surface area contributed by atoms with Crippen LogP contribution in [0.4, 0.5) is 0 Å². The first-order valence-corrected chi connectivity index (χ1v) is 8.66. The molecule has 6 nitrogen and oxygen atoms in total. The van der Waals surface area contributed by atoms with Crippen LogP contribution in [0, 0.1) is 6.92 Å². The molecule has 0 aliphatic heterocycles. The lowest BCUT2D eigenvalue weighted by molar-refractivity contribution is 0.0928. The van der Waals surface area contributed by atoms with Gasteiger partial charge in [-0.2, -0.15) is 5.10 Å². The predicted octanol–water partition coefficient (Wildman–Crippen LogP) is 4.30. The Hall–Kier alpha value is -3.28. The number of carbonyl (C=O) groups excluding carboxylic acids is 1. The molecular formula is C21H22N2O4. The average Bonchev–Trinajstić information content (AvgIpc) is 2.99. The van der Waals surface area contributed by atoms with E-state index >= 15 is 0 Å². The number of benzene rings is 2. The Morgan fingerprint density at radius 3 is 2.67 bits per heavy atom. The summed E-state index contributed by atoms with van der Waals surface area (Å²) in [4.78, 5) is 12.4. The Morgan fingerprint density at radius 2 is 1.96 bits per heavy atom. The van der Waals surface area contributed by atoms with Gasteiger partial charge >= 0.3 is 5.91 Å². The summed E-state index contributed by atoms with van der Waals surface area (Å²) in [6.45, 7) is 5.71. The number of hydrogen-bond acceptors (Lipinski definition) is 5. The Morgan fingerprint density at radius 1 is 1.19 bits per heavy atom. The van der Waals surface area contributed by atoms with Crippen LogP contribution in [-0.2, 0) is 0 Å². The van der Waals surface area contributed by atoms with Crippen molar-refractivity contribution < 1.29 is 18.7 Å². The Balaban J connectivity index is 1.81. The van der Waals surface area contributed by atoms with Crippen LogP contribution >= 0.6 is 0 Å². The summed E-state index contributed by atoms with van der Waals surface area (Å²) >= 11 is 0. The second kappa shape index (κ2) is 7.95. The summed E-state index contributed by atoms with van der Waals surface area (Å²) in [5.74, 6) is 1.02. The van der Waals surface area contributed by atoms with Crippen molar-refractivity contribution in [3.63, 3.8) is 0 Å². The number of methoxy groups -OCH3 is 1. The summed E-state index contributed by atoms with van der Waals surface area (Å²) in [6, 6.07) is 13.0. The molecule has 27 heavy (non-hydrogen) atoms. The second-order valence-electron chi connectivity index (χ2n) is 6.30. The van der Waals surface area contributed by atoms with Crippen molar-refractivity contribution in [1.82, 2.24) is 5.43 Å². The molecule has 0 bridgehead atoms. The van der Waals surface area contributed by atoms with Crippen molar-refractivity contribution in [2.45, 2.75) is 26.9 Å². The van der Waals surface area contributed by atoms with Gasteiger partial charge in [-0.1, -0.05) is 24.3 Å². The van der Waals surface area contributed by atoms with Crippen LogP contribution < -0.4 is 14.9 Å². The number of nitrogens with one attached hydrogen (secondary N) is 1. The third-order valence-electron chi connectivity index (χ3n) is 4.00. The summed E-state index contributed by atoms with van der Waals surface area (Å²) in [7, 11) is 1.58. The summed E-state index contributed by atoms with van der Waals surface area (Å²) in [6.07, 6.45) is 1.50. The molecule has 0 saturated heterocycles. The molecule has 1 amide bonds. The zero-order valence-electron chi connectivity index (χ0n) is 15.8. The zero-order chi connectivity index (χ0) is 19.4. The van der Waals surface area contributed by atoms with Crippen molar-refractivity contribution in [3.8, 4) is 11.5 Å². The largest absolute Gasteiger partial charge is 0.493 e. The van der Waals surface area contributed by atoms with E-state index < -0.39 is 5.91 Å². The highest BCUT2D eigenvalue weighted by Gasteiger charge is 2.17. The molecule has 140 valence electrons. The van der Waals surface area contributed by atoms with Crippen LogP contribution in [0.2, 0.25) is 0 Å². The van der Waals surface area contributed by atoms with Crippen LogP contribution in [0.25, 0.3) is 11.0 Å². The van der Waals surface area contributed by atoms with E-state index in [9.17, 15) is 4.79 Å². The van der Waals surface area contributed by atoms with Gasteiger partial charge in [0.1, 0.15) is 5.58 Å². The van der Waals surface area contributed by atoms with E-state index in [1.165, 1.54) is 6.21 Å². The van der Waals surface area contributed by atoms with Crippen molar-refractivity contribution in [2.24, 2.45) is 5.10 Å². The van der Waals surface area contributed by atoms with Gasteiger partial charge in [-0.3, -0.25) is 4.79 Å². The highest BCUT2D eigenvalue weighted by Crippen LogP contribution is 2.31. The number of hydrazone groups is 1. The lowest BCUT2D eigenvalue weighted by Gasteiger charge is -2.15. The third-order valence-corrected chi connectivity index (χ3v) is 4.00. The van der Waals surface area contributed by atoms with Gasteiger partial charge in [-0.05, 0) is 39.0 Å². The minimum Gasteiger partial charge on any atom is -0.493 e. The summed E-state index contributed by atoms with van der Waals surface area (Å²) in [5.41, 5.74) is 4.66. The second-order valence-corrected chi connectivity index (χ2v) is 6.30. The number of para-hydroxylation sites is 2. The summed E-state index contributed by atoms with van der Waals surface area (Å²) < 4.78 is 16.8. The van der Waals surface area contributed by atoms with Crippen molar-refractivity contribution in [1.29, 1.82) is 0 Å². The lowest BCUT2D eigenvalue weighted by Crippen LogP contribution is -2.18. The Kier molecular flexibility index (Phi) is 5.45. The fourth-order valence-electron chi connectivity index (χ4n) is 2.76. The molecule has 0 aliphatic carbocycles. The number of hydrogen-bond donors (Lipinski definition) is 1. The minimum atomic E-state index is -0.408. The first-order valence-electron chi connectivity index (χ1n) is 8.66. The summed E-state index contributed by atoms with van der Waals surface area (Å²) in [5, 5.41) is 4.96. The van der Waals surface area contributed by atoms with E-state index in [1.807, 2.05) is 63.2 Å². The monoisotopic (exact) mass is 366 g/mol. The maximum absolute atomic E-state index is 12.4. The number of ether oxygens (including phenoxy) is 2. The van der Waals surface area contributed by atoms with E-state index in [0.29, 0.717) is 22.6 Å². The number of fused-ring (bicyclic) bond motifs is 1. The first-order chi connectivity index (χ1) is 13.0. The maximum Gasteiger partial charge on any atom is 0.307 e. The lowest BCUT2D eigenvalue weighted by atomic mass is 10.1. The normalized spacial score (nSPS) is 11.3. The third kappa shape index (κ3) is 3.95. The molecule has 0 unspecified atom stereocenters. The fourth-order valence-corrected chi connectivity index (χ4v) is 2.76. The standard InChI is InChI=1S/C21H22N2O4/c1-13(2)26-20-15(8-7-11-18(20)25-4)12-22-23-21(24)19-14(3)16-9-5-6-10-17(16)27-19/h5-13H,1-4H3,(H,23,24)/b22-12-. The quantitative estimate of drug-likeness (QED) is 0.521. The van der Waals surface area contributed by atoms with Gasteiger partial charge in [0.2, 0.25) is 0 Å². The molecular weight excluding hydrogens is 344 g/mol. The average molecular weight is 366 g/mol. The SMILES string of the molecule is COc1cccc(/C=N\NC(=O)c2oc3ccccc3c2C)c1OC(C)C. The van der Waals surface area contributed by atoms with Crippen LogP contribution in [0.1, 0.15) is 35.5 Å².